The molecule has 0 radical (unpaired) electrons. The number of sulfone groups is 1. The van der Waals surface area contributed by atoms with Gasteiger partial charge < -0.3 is 0 Å². The maximum absolute atomic E-state index is 10.4. The fourth-order valence-electron chi connectivity index (χ4n) is 0.746. The van der Waals surface area contributed by atoms with Gasteiger partial charge in [-0.05, 0) is 12.8 Å². The molecular formula is C5H9NO2SSe. The molecule has 3 nitrogen and oxygen atoms in total. The Bertz CT molecular complexity index is 204. The molecule has 0 spiro atoms. The van der Waals surface area contributed by atoms with Crippen LogP contribution in [0.25, 0.3) is 0 Å². The van der Waals surface area contributed by atoms with Gasteiger partial charge in [-0.3, -0.25) is 0 Å². The Morgan fingerprint density at radius 1 is 1.30 bits per heavy atom. The molecule has 0 aromatic heterocycles. The summed E-state index contributed by atoms with van der Waals surface area (Å²) in [6.07, 6.45) is 1.75. The van der Waals surface area contributed by atoms with Gasteiger partial charge in [-0.1, -0.05) is 0 Å². The summed E-state index contributed by atoms with van der Waals surface area (Å²) in [5.41, 5.74) is 0. The Morgan fingerprint density at radius 2 is 1.60 bits per heavy atom. The first-order valence-corrected chi connectivity index (χ1v) is 5.62. The van der Waals surface area contributed by atoms with Crippen molar-refractivity contribution in [3.8, 4) is 4.97 Å². The van der Waals surface area contributed by atoms with E-state index in [1.807, 2.05) is 0 Å². The predicted octanol–water partition coefficient (Wildman–Crippen LogP) is -0.437. The number of rotatable bonds is 0. The van der Waals surface area contributed by atoms with Crippen LogP contribution in [0.15, 0.2) is 0 Å². The van der Waals surface area contributed by atoms with E-state index in [1.165, 1.54) is 0 Å². The molecule has 5 heteroatoms. The molecule has 10 heavy (non-hydrogen) atoms. The van der Waals surface area contributed by atoms with Crippen molar-refractivity contribution in [2.75, 3.05) is 11.5 Å². The molecule has 58 valence electrons. The van der Waals surface area contributed by atoms with Gasteiger partial charge in [0.15, 0.2) is 0 Å². The van der Waals surface area contributed by atoms with Crippen LogP contribution in [-0.4, -0.2) is 35.9 Å². The van der Waals surface area contributed by atoms with Gasteiger partial charge in [0.2, 0.25) is 0 Å². The summed E-state index contributed by atoms with van der Waals surface area (Å²) < 4.78 is 20.9. The average molecular weight is 226 g/mol. The van der Waals surface area contributed by atoms with Gasteiger partial charge in [0.1, 0.15) is 9.84 Å². The molecule has 1 saturated heterocycles. The first kappa shape index (κ1) is 9.96. The van der Waals surface area contributed by atoms with E-state index in [4.69, 9.17) is 5.26 Å². The van der Waals surface area contributed by atoms with Crippen LogP contribution in [0.5, 0.6) is 0 Å². The second-order valence-electron chi connectivity index (χ2n) is 1.96. The molecule has 1 aliphatic rings. The van der Waals surface area contributed by atoms with Gasteiger partial charge in [-0.2, -0.15) is 0 Å². The van der Waals surface area contributed by atoms with Crippen molar-refractivity contribution < 1.29 is 8.42 Å². The number of hydrogen-bond acceptors (Lipinski definition) is 3. The molecule has 0 aliphatic carbocycles. The van der Waals surface area contributed by atoms with Crippen LogP contribution >= 0.6 is 0 Å². The van der Waals surface area contributed by atoms with Gasteiger partial charge in [0.05, 0.1) is 11.5 Å². The molecule has 0 saturated carbocycles. The summed E-state index contributed by atoms with van der Waals surface area (Å²) in [7, 11) is -2.55. The third-order valence-corrected chi connectivity index (χ3v) is 2.98. The minimum Gasteiger partial charge on any atom is -0.229 e. The van der Waals surface area contributed by atoms with Crippen molar-refractivity contribution in [3.63, 3.8) is 0 Å². The molecule has 1 fully saturated rings. The molecule has 1 aliphatic heterocycles. The minimum atomic E-state index is -2.55. The van der Waals surface area contributed by atoms with Gasteiger partial charge in [-0.25, -0.2) is 8.42 Å². The van der Waals surface area contributed by atoms with Crippen molar-refractivity contribution in [3.05, 3.63) is 0 Å². The zero-order valence-electron chi connectivity index (χ0n) is 5.45. The molecule has 0 bridgehead atoms. The number of nitrogens with zero attached hydrogens (tertiary/aromatic N) is 1. The molecule has 0 aromatic carbocycles. The van der Waals surface area contributed by atoms with Crippen molar-refractivity contribution in [1.29, 1.82) is 5.26 Å². The third kappa shape index (κ3) is 4.80. The zero-order chi connectivity index (χ0) is 8.04. The molecule has 0 unspecified atom stereocenters. The summed E-state index contributed by atoms with van der Waals surface area (Å²) in [6, 6.07) is 0. The summed E-state index contributed by atoms with van der Waals surface area (Å²) in [4.78, 5) is 1.69. The predicted molar refractivity (Wildman–Crippen MR) is 40.6 cm³/mol. The quantitative estimate of drug-likeness (QED) is 0.526. The molecule has 1 heterocycles. The third-order valence-electron chi connectivity index (χ3n) is 1.16. The summed E-state index contributed by atoms with van der Waals surface area (Å²) in [6.45, 7) is 0. The van der Waals surface area contributed by atoms with Crippen molar-refractivity contribution >= 4 is 25.8 Å². The summed E-state index contributed by atoms with van der Waals surface area (Å²) >= 11 is 1.77. The monoisotopic (exact) mass is 227 g/mol. The van der Waals surface area contributed by atoms with Crippen molar-refractivity contribution in [1.82, 2.24) is 0 Å². The molecular weight excluding hydrogens is 217 g/mol. The van der Waals surface area contributed by atoms with Crippen LogP contribution in [0.1, 0.15) is 12.8 Å². The Hall–Kier alpha value is -0.0405. The van der Waals surface area contributed by atoms with E-state index in [0.717, 1.165) is 12.8 Å². The van der Waals surface area contributed by atoms with Crippen molar-refractivity contribution in [2.24, 2.45) is 0 Å². The van der Waals surface area contributed by atoms with Crippen molar-refractivity contribution in [2.45, 2.75) is 12.8 Å². The second-order valence-corrected chi connectivity index (χ2v) is 4.68. The molecule has 0 aromatic rings. The normalized spacial score (nSPS) is 20.4. The van der Waals surface area contributed by atoms with E-state index < -0.39 is 9.84 Å². The summed E-state index contributed by atoms with van der Waals surface area (Å²) in [5.74, 6) is 0.847. The van der Waals surface area contributed by atoms with Gasteiger partial charge in [0, 0.05) is 0 Å². The van der Waals surface area contributed by atoms with Crippen LogP contribution in [0.2, 0.25) is 0 Å². The number of hydrogen-bond donors (Lipinski definition) is 0. The first-order valence-electron chi connectivity index (χ1n) is 2.86. The first-order chi connectivity index (χ1) is 4.62. The van der Waals surface area contributed by atoms with Gasteiger partial charge in [0.25, 0.3) is 0 Å². The second kappa shape index (κ2) is 4.73. The maximum atomic E-state index is 10.4. The van der Waals surface area contributed by atoms with E-state index in [0.29, 0.717) is 11.5 Å². The molecule has 0 amide bonds. The van der Waals surface area contributed by atoms with E-state index in [9.17, 15) is 8.42 Å². The fraction of sp³-hybridized carbons (Fsp3) is 0.800. The topological polar surface area (TPSA) is 57.9 Å². The van der Waals surface area contributed by atoms with Gasteiger partial charge in [-0.15, -0.1) is 0 Å². The maximum Gasteiger partial charge on any atom is 0.150 e. The summed E-state index contributed by atoms with van der Waals surface area (Å²) in [5, 5.41) is 7.29. The van der Waals surface area contributed by atoms with Gasteiger partial charge >= 0.3 is 26.2 Å². The van der Waals surface area contributed by atoms with E-state index in [2.05, 4.69) is 0 Å². The molecule has 0 N–H and O–H groups in total. The Morgan fingerprint density at radius 3 is 1.70 bits per heavy atom. The van der Waals surface area contributed by atoms with Crippen LogP contribution in [0.4, 0.5) is 0 Å². The van der Waals surface area contributed by atoms with Crippen LogP contribution in [0.3, 0.4) is 0 Å². The average Bonchev–Trinajstić information content (AvgIpc) is 2.16. The van der Waals surface area contributed by atoms with Crippen LogP contribution < -0.4 is 0 Å². The van der Waals surface area contributed by atoms with E-state index in [-0.39, 0.29) is 0 Å². The largest absolute Gasteiger partial charge is 0.229 e. The Balaban J connectivity index is 0.000000236. The minimum absolute atomic E-state index is 0.424. The number of nitriles is 1. The Kier molecular flexibility index (Phi) is 4.71. The van der Waals surface area contributed by atoms with Crippen LogP contribution in [0, 0.1) is 10.2 Å². The Labute approximate surface area is 69.2 Å². The zero-order valence-corrected chi connectivity index (χ0v) is 8.14. The fourth-order valence-corrected chi connectivity index (χ4v) is 2.24. The van der Waals surface area contributed by atoms with E-state index in [1.54, 1.807) is 21.0 Å². The SMILES string of the molecule is N#C[SeH].O=S1(=O)CCCC1. The standard InChI is InChI=1S/C4H8O2S.CHNSe/c5-7(6)3-1-2-4-7;2-1-3/h1-4H2;3H. The molecule has 1 rings (SSSR count). The molecule has 0 atom stereocenters. The van der Waals surface area contributed by atoms with E-state index >= 15 is 0 Å². The smallest absolute Gasteiger partial charge is 0.150 e. The van der Waals surface area contributed by atoms with Crippen LogP contribution in [-0.2, 0) is 9.84 Å².